The van der Waals surface area contributed by atoms with E-state index in [0.29, 0.717) is 18.0 Å². The first-order valence-corrected chi connectivity index (χ1v) is 10.9. The minimum Gasteiger partial charge on any atom is -0.502 e. The summed E-state index contributed by atoms with van der Waals surface area (Å²) in [6, 6.07) is 7.08. The molecule has 0 amide bonds. The summed E-state index contributed by atoms with van der Waals surface area (Å²) in [5, 5.41) is 23.7. The zero-order chi connectivity index (χ0) is 23.3. The highest BCUT2D eigenvalue weighted by Gasteiger charge is 2.52. The Labute approximate surface area is 191 Å². The number of fused-ring (bicyclic) bond motifs is 3. The molecule has 2 aromatic carbocycles. The van der Waals surface area contributed by atoms with Gasteiger partial charge in [0.2, 0.25) is 12.5 Å². The fraction of sp³-hybridized carbons (Fsp3) is 0.458. The van der Waals surface area contributed by atoms with Crippen molar-refractivity contribution in [3.8, 4) is 28.7 Å². The number of esters is 1. The quantitative estimate of drug-likeness (QED) is 0.561. The van der Waals surface area contributed by atoms with Gasteiger partial charge in [0.05, 0.1) is 32.8 Å². The van der Waals surface area contributed by atoms with Crippen LogP contribution in [0.3, 0.4) is 0 Å². The average molecular weight is 457 g/mol. The van der Waals surface area contributed by atoms with Gasteiger partial charge in [0.1, 0.15) is 0 Å². The third-order valence-corrected chi connectivity index (χ3v) is 6.68. The molecule has 2 aliphatic heterocycles. The number of methoxy groups -OCH3 is 2. The minimum atomic E-state index is -0.553. The number of aliphatic hydroxyl groups excluding tert-OH is 1. The van der Waals surface area contributed by atoms with Crippen LogP contribution >= 0.6 is 0 Å². The van der Waals surface area contributed by atoms with Crippen molar-refractivity contribution in [3.05, 3.63) is 41.0 Å². The molecule has 9 nitrogen and oxygen atoms in total. The van der Waals surface area contributed by atoms with Crippen molar-refractivity contribution < 1.29 is 38.7 Å². The van der Waals surface area contributed by atoms with Crippen LogP contribution in [0.15, 0.2) is 24.3 Å². The first-order valence-electron chi connectivity index (χ1n) is 10.9. The van der Waals surface area contributed by atoms with E-state index in [4.69, 9.17) is 23.7 Å². The predicted octanol–water partition coefficient (Wildman–Crippen LogP) is 2.08. The fourth-order valence-electron chi connectivity index (χ4n) is 5.22. The van der Waals surface area contributed by atoms with Crippen LogP contribution in [0.5, 0.6) is 28.7 Å². The van der Waals surface area contributed by atoms with Gasteiger partial charge in [0, 0.05) is 24.4 Å². The summed E-state index contributed by atoms with van der Waals surface area (Å²) in [7, 11) is 2.93. The molecule has 1 aliphatic carbocycles. The lowest BCUT2D eigenvalue weighted by molar-refractivity contribution is -0.141. The molecule has 5 rings (SSSR count). The monoisotopic (exact) mass is 457 g/mol. The van der Waals surface area contributed by atoms with Gasteiger partial charge in [0.25, 0.3) is 0 Å². The molecular formula is C24H27NO8. The van der Waals surface area contributed by atoms with Gasteiger partial charge in [-0.3, -0.25) is 4.79 Å². The second-order valence-electron chi connectivity index (χ2n) is 8.64. The number of aromatic hydroxyl groups is 1. The largest absolute Gasteiger partial charge is 0.502 e. The molecule has 2 heterocycles. The van der Waals surface area contributed by atoms with Crippen LogP contribution in [0, 0.1) is 11.8 Å². The number of phenolic OH excluding ortho intramolecular Hbond substituents is 1. The van der Waals surface area contributed by atoms with E-state index < -0.39 is 12.0 Å². The number of cyclic esters (lactones) is 1. The molecule has 0 saturated carbocycles. The van der Waals surface area contributed by atoms with E-state index in [9.17, 15) is 15.0 Å². The summed E-state index contributed by atoms with van der Waals surface area (Å²) < 4.78 is 27.6. The standard InChI is InChI=1S/C24H27NO8/c1-11(26)8-25-22-14-7-17-16(32-10-33-17)6-13(14)20(21-15(22)9-31-24(21)28)12-4-18(29-2)23(27)19(5-12)30-3/h4-7,11,15,20-22,25-27H,8-10H2,1-3H3/t11-,15+,20-,21+,22+/m1/s1. The van der Waals surface area contributed by atoms with Crippen molar-refractivity contribution in [3.63, 3.8) is 0 Å². The third-order valence-electron chi connectivity index (χ3n) is 6.68. The summed E-state index contributed by atoms with van der Waals surface area (Å²) in [6.45, 7) is 2.46. The van der Waals surface area contributed by atoms with Gasteiger partial charge < -0.3 is 39.2 Å². The maximum absolute atomic E-state index is 13.0. The zero-order valence-electron chi connectivity index (χ0n) is 18.7. The Bertz CT molecular complexity index is 1060. The van der Waals surface area contributed by atoms with Gasteiger partial charge in [-0.1, -0.05) is 0 Å². The van der Waals surface area contributed by atoms with Crippen molar-refractivity contribution in [1.29, 1.82) is 0 Å². The molecule has 0 radical (unpaired) electrons. The van der Waals surface area contributed by atoms with Gasteiger partial charge in [-0.15, -0.1) is 0 Å². The molecule has 0 bridgehead atoms. The second kappa shape index (κ2) is 8.31. The second-order valence-corrected chi connectivity index (χ2v) is 8.64. The van der Waals surface area contributed by atoms with Crippen LogP contribution in [-0.2, 0) is 9.53 Å². The van der Waals surface area contributed by atoms with E-state index in [1.165, 1.54) is 14.2 Å². The molecule has 2 aromatic rings. The number of aliphatic hydroxyl groups is 1. The van der Waals surface area contributed by atoms with Gasteiger partial charge in [-0.05, 0) is 47.9 Å². The molecule has 0 spiro atoms. The van der Waals surface area contributed by atoms with Crippen molar-refractivity contribution in [2.24, 2.45) is 11.8 Å². The summed E-state index contributed by atoms with van der Waals surface area (Å²) in [4.78, 5) is 13.0. The van der Waals surface area contributed by atoms with Gasteiger partial charge in [0.15, 0.2) is 23.0 Å². The molecule has 3 N–H and O–H groups in total. The van der Waals surface area contributed by atoms with Crippen LogP contribution in [0.4, 0.5) is 0 Å². The number of rotatable bonds is 6. The van der Waals surface area contributed by atoms with E-state index in [1.807, 2.05) is 12.1 Å². The summed E-state index contributed by atoms with van der Waals surface area (Å²) >= 11 is 0. The smallest absolute Gasteiger partial charge is 0.310 e. The summed E-state index contributed by atoms with van der Waals surface area (Å²) in [5.41, 5.74) is 2.59. The highest BCUT2D eigenvalue weighted by atomic mass is 16.7. The Morgan fingerprint density at radius 3 is 2.30 bits per heavy atom. The third kappa shape index (κ3) is 3.52. The Morgan fingerprint density at radius 1 is 1.06 bits per heavy atom. The number of carbonyl (C=O) groups is 1. The molecular weight excluding hydrogens is 430 g/mol. The Balaban J connectivity index is 1.71. The molecule has 0 unspecified atom stereocenters. The molecule has 1 fully saturated rings. The summed E-state index contributed by atoms with van der Waals surface area (Å²) in [6.07, 6.45) is -0.553. The molecule has 0 aromatic heterocycles. The Morgan fingerprint density at radius 2 is 1.70 bits per heavy atom. The number of phenols is 1. The van der Waals surface area contributed by atoms with Crippen LogP contribution in [0.2, 0.25) is 0 Å². The topological polar surface area (TPSA) is 116 Å². The van der Waals surface area contributed by atoms with E-state index in [0.717, 1.165) is 16.7 Å². The highest BCUT2D eigenvalue weighted by molar-refractivity contribution is 5.79. The first kappa shape index (κ1) is 21.7. The van der Waals surface area contributed by atoms with E-state index in [1.54, 1.807) is 19.1 Å². The SMILES string of the molecule is COc1cc([C@@H]2c3cc4c(cc3[C@H](NC[C@@H](C)O)[C@H]3COC(=O)[C@H]23)OCO4)cc(OC)c1O. The first-order chi connectivity index (χ1) is 15.9. The Hall–Kier alpha value is -3.17. The Kier molecular flexibility index (Phi) is 5.46. The molecule has 3 aliphatic rings. The van der Waals surface area contributed by atoms with E-state index in [-0.39, 0.29) is 54.5 Å². The van der Waals surface area contributed by atoms with E-state index in [2.05, 4.69) is 5.32 Å². The maximum Gasteiger partial charge on any atom is 0.310 e. The van der Waals surface area contributed by atoms with Crippen molar-refractivity contribution >= 4 is 5.97 Å². The van der Waals surface area contributed by atoms with Crippen molar-refractivity contribution in [2.45, 2.75) is 25.0 Å². The number of hydrogen-bond acceptors (Lipinski definition) is 9. The lowest BCUT2D eigenvalue weighted by atomic mass is 9.65. The molecule has 1 saturated heterocycles. The van der Waals surface area contributed by atoms with Crippen LogP contribution in [-0.4, -0.2) is 56.5 Å². The number of nitrogens with one attached hydrogen (secondary N) is 1. The van der Waals surface area contributed by atoms with Crippen LogP contribution in [0.1, 0.15) is 35.6 Å². The maximum atomic E-state index is 13.0. The van der Waals surface area contributed by atoms with E-state index >= 15 is 0 Å². The number of benzene rings is 2. The van der Waals surface area contributed by atoms with Gasteiger partial charge in [-0.25, -0.2) is 0 Å². The summed E-state index contributed by atoms with van der Waals surface area (Å²) in [5.74, 6) is 0.325. The molecule has 5 atom stereocenters. The minimum absolute atomic E-state index is 0.104. The number of hydrogen-bond donors (Lipinski definition) is 3. The van der Waals surface area contributed by atoms with Gasteiger partial charge >= 0.3 is 5.97 Å². The van der Waals surface area contributed by atoms with Crippen molar-refractivity contribution in [2.75, 3.05) is 34.2 Å². The molecule has 176 valence electrons. The predicted molar refractivity (Wildman–Crippen MR) is 116 cm³/mol. The average Bonchev–Trinajstić information content (AvgIpc) is 3.42. The van der Waals surface area contributed by atoms with Crippen LogP contribution in [0.25, 0.3) is 0 Å². The fourth-order valence-corrected chi connectivity index (χ4v) is 5.22. The highest BCUT2D eigenvalue weighted by Crippen LogP contribution is 2.55. The number of ether oxygens (including phenoxy) is 5. The lowest BCUT2D eigenvalue weighted by Gasteiger charge is -2.40. The molecule has 9 heteroatoms. The number of carbonyl (C=O) groups excluding carboxylic acids is 1. The lowest BCUT2D eigenvalue weighted by Crippen LogP contribution is -2.42. The molecule has 33 heavy (non-hydrogen) atoms. The van der Waals surface area contributed by atoms with Crippen LogP contribution < -0.4 is 24.3 Å². The van der Waals surface area contributed by atoms with Crippen molar-refractivity contribution in [1.82, 2.24) is 5.32 Å². The van der Waals surface area contributed by atoms with Gasteiger partial charge in [-0.2, -0.15) is 0 Å². The zero-order valence-corrected chi connectivity index (χ0v) is 18.7. The normalized spacial score (nSPS) is 25.8.